The molecule has 0 spiro atoms. The van der Waals surface area contributed by atoms with E-state index in [1.165, 1.54) is 6.92 Å². The van der Waals surface area contributed by atoms with Gasteiger partial charge in [0.2, 0.25) is 0 Å². The fourth-order valence-electron chi connectivity index (χ4n) is 1.59. The van der Waals surface area contributed by atoms with Gasteiger partial charge in [-0.15, -0.1) is 11.3 Å². The van der Waals surface area contributed by atoms with E-state index in [1.54, 1.807) is 0 Å². The number of ether oxygens (including phenoxy) is 1. The molecule has 0 saturated carbocycles. The second-order valence-corrected chi connectivity index (χ2v) is 5.07. The van der Waals surface area contributed by atoms with Crippen LogP contribution in [0.15, 0.2) is 0 Å². The molecule has 0 aliphatic carbocycles. The van der Waals surface area contributed by atoms with Crippen LogP contribution in [0.25, 0.3) is 0 Å². The summed E-state index contributed by atoms with van der Waals surface area (Å²) in [5.41, 5.74) is 5.42. The van der Waals surface area contributed by atoms with Crippen molar-refractivity contribution < 1.29 is 29.0 Å². The Morgan fingerprint density at radius 1 is 1.27 bits per heavy atom. The number of aliphatic hydroxyl groups is 1. The number of carbonyl (C=O) groups is 4. The molecule has 1 rings (SSSR count). The van der Waals surface area contributed by atoms with Crippen LogP contribution in [-0.4, -0.2) is 49.1 Å². The largest absolute Gasteiger partial charge is 0.465 e. The SMILES string of the molecule is COC(=O)c1c(NC(=O)C(=O)NCCO)sc(C(N)=O)c1C. The lowest BCUT2D eigenvalue weighted by Crippen LogP contribution is -2.36. The Balaban J connectivity index is 3.10. The van der Waals surface area contributed by atoms with Crippen LogP contribution in [0.5, 0.6) is 0 Å². The highest BCUT2D eigenvalue weighted by Crippen LogP contribution is 2.33. The van der Waals surface area contributed by atoms with Gasteiger partial charge in [0.15, 0.2) is 0 Å². The zero-order chi connectivity index (χ0) is 16.9. The van der Waals surface area contributed by atoms with Gasteiger partial charge in [0.05, 0.1) is 24.2 Å². The van der Waals surface area contributed by atoms with Crippen LogP contribution in [0.4, 0.5) is 5.00 Å². The molecule has 0 atom stereocenters. The Morgan fingerprint density at radius 2 is 1.91 bits per heavy atom. The molecule has 0 aromatic carbocycles. The number of methoxy groups -OCH3 is 1. The second kappa shape index (κ2) is 7.52. The van der Waals surface area contributed by atoms with Crippen molar-refractivity contribution >= 4 is 40.0 Å². The first kappa shape index (κ1) is 17.6. The third-order valence-electron chi connectivity index (χ3n) is 2.59. The lowest BCUT2D eigenvalue weighted by atomic mass is 10.1. The van der Waals surface area contributed by atoms with Crippen LogP contribution in [0.3, 0.4) is 0 Å². The summed E-state index contributed by atoms with van der Waals surface area (Å²) in [5, 5.41) is 13.0. The molecule has 1 aromatic heterocycles. The normalized spacial score (nSPS) is 9.95. The van der Waals surface area contributed by atoms with E-state index in [9.17, 15) is 19.2 Å². The monoisotopic (exact) mass is 329 g/mol. The molecule has 0 aliphatic heterocycles. The predicted octanol–water partition coefficient (Wildman–Crippen LogP) is -1.01. The van der Waals surface area contributed by atoms with E-state index in [1.807, 2.05) is 0 Å². The van der Waals surface area contributed by atoms with E-state index < -0.39 is 23.7 Å². The number of thiophene rings is 1. The van der Waals surface area contributed by atoms with Gasteiger partial charge in [0.1, 0.15) is 5.00 Å². The number of primary amides is 1. The van der Waals surface area contributed by atoms with Crippen molar-refractivity contribution in [2.24, 2.45) is 5.73 Å². The molecule has 9 nitrogen and oxygen atoms in total. The van der Waals surface area contributed by atoms with E-state index in [0.717, 1.165) is 18.4 Å². The van der Waals surface area contributed by atoms with Gasteiger partial charge >= 0.3 is 17.8 Å². The predicted molar refractivity (Wildman–Crippen MR) is 77.6 cm³/mol. The van der Waals surface area contributed by atoms with Crippen molar-refractivity contribution in [2.45, 2.75) is 6.92 Å². The molecule has 1 aromatic rings. The summed E-state index contributed by atoms with van der Waals surface area (Å²) in [5.74, 6) is -3.57. The number of nitrogens with one attached hydrogen (secondary N) is 2. The van der Waals surface area contributed by atoms with Gasteiger partial charge < -0.3 is 26.2 Å². The lowest BCUT2D eigenvalue weighted by Gasteiger charge is -2.06. The highest BCUT2D eigenvalue weighted by Gasteiger charge is 2.26. The fraction of sp³-hybridized carbons (Fsp3) is 0.333. The zero-order valence-corrected chi connectivity index (χ0v) is 12.7. The number of rotatable bonds is 5. The summed E-state index contributed by atoms with van der Waals surface area (Å²) in [4.78, 5) is 46.3. The first-order valence-electron chi connectivity index (χ1n) is 6.05. The molecule has 0 unspecified atom stereocenters. The molecular weight excluding hydrogens is 314 g/mol. The lowest BCUT2D eigenvalue weighted by molar-refractivity contribution is -0.136. The molecule has 0 fully saturated rings. The van der Waals surface area contributed by atoms with Crippen LogP contribution >= 0.6 is 11.3 Å². The highest BCUT2D eigenvalue weighted by atomic mass is 32.1. The summed E-state index contributed by atoms with van der Waals surface area (Å²) in [7, 11) is 1.14. The minimum atomic E-state index is -1.05. The molecule has 22 heavy (non-hydrogen) atoms. The van der Waals surface area contributed by atoms with E-state index in [0.29, 0.717) is 0 Å². The maximum atomic E-state index is 11.8. The molecule has 0 saturated heterocycles. The highest BCUT2D eigenvalue weighted by molar-refractivity contribution is 7.18. The minimum absolute atomic E-state index is 0.0118. The number of hydrogen-bond acceptors (Lipinski definition) is 7. The maximum Gasteiger partial charge on any atom is 0.341 e. The van der Waals surface area contributed by atoms with Gasteiger partial charge in [-0.2, -0.15) is 0 Å². The quantitative estimate of drug-likeness (QED) is 0.402. The van der Waals surface area contributed by atoms with Crippen molar-refractivity contribution in [3.8, 4) is 0 Å². The molecular formula is C12H15N3O6S. The van der Waals surface area contributed by atoms with Gasteiger partial charge in [-0.25, -0.2) is 4.79 Å². The van der Waals surface area contributed by atoms with Crippen LogP contribution in [0, 0.1) is 6.92 Å². The first-order valence-corrected chi connectivity index (χ1v) is 6.86. The van der Waals surface area contributed by atoms with Gasteiger partial charge in [-0.05, 0) is 12.5 Å². The van der Waals surface area contributed by atoms with Crippen molar-refractivity contribution in [2.75, 3.05) is 25.6 Å². The second-order valence-electron chi connectivity index (χ2n) is 4.05. The summed E-state index contributed by atoms with van der Waals surface area (Å²) >= 11 is 0.771. The number of aliphatic hydroxyl groups excluding tert-OH is 1. The van der Waals surface area contributed by atoms with Crippen LogP contribution < -0.4 is 16.4 Å². The summed E-state index contributed by atoms with van der Waals surface area (Å²) in [6.45, 7) is 1.06. The number of nitrogens with two attached hydrogens (primary N) is 1. The molecule has 0 bridgehead atoms. The number of esters is 1. The first-order chi connectivity index (χ1) is 10.3. The maximum absolute atomic E-state index is 11.8. The Labute approximate surface area is 129 Å². The van der Waals surface area contributed by atoms with E-state index in [4.69, 9.17) is 10.8 Å². The van der Waals surface area contributed by atoms with E-state index in [2.05, 4.69) is 15.4 Å². The molecule has 1 heterocycles. The molecule has 0 aliphatic rings. The fourth-order valence-corrected chi connectivity index (χ4v) is 2.64. The van der Waals surface area contributed by atoms with Crippen LogP contribution in [0.1, 0.15) is 25.6 Å². The number of hydrogen-bond donors (Lipinski definition) is 4. The number of anilines is 1. The molecule has 10 heteroatoms. The molecule has 5 N–H and O–H groups in total. The standard InChI is InChI=1S/C12H15N3O6S/c1-5-6(12(20)21-2)11(22-7(5)8(13)17)15-10(19)9(18)14-3-4-16/h16H,3-4H2,1-2H3,(H2,13,17)(H,14,18)(H,15,19). The van der Waals surface area contributed by atoms with Crippen molar-refractivity contribution in [3.63, 3.8) is 0 Å². The van der Waals surface area contributed by atoms with Gasteiger partial charge in [0, 0.05) is 6.54 Å². The van der Waals surface area contributed by atoms with E-state index in [-0.39, 0.29) is 34.2 Å². The number of amides is 3. The number of carbonyl (C=O) groups excluding carboxylic acids is 4. The van der Waals surface area contributed by atoms with Crippen LogP contribution in [0.2, 0.25) is 0 Å². The van der Waals surface area contributed by atoms with Gasteiger partial charge in [-0.3, -0.25) is 14.4 Å². The smallest absolute Gasteiger partial charge is 0.341 e. The zero-order valence-electron chi connectivity index (χ0n) is 11.9. The van der Waals surface area contributed by atoms with Crippen molar-refractivity contribution in [1.82, 2.24) is 5.32 Å². The Morgan fingerprint density at radius 3 is 2.41 bits per heavy atom. The Bertz CT molecular complexity index is 625. The summed E-state index contributed by atoms with van der Waals surface area (Å²) in [6, 6.07) is 0. The van der Waals surface area contributed by atoms with Gasteiger partial charge in [-0.1, -0.05) is 0 Å². The third-order valence-corrected chi connectivity index (χ3v) is 3.81. The average molecular weight is 329 g/mol. The van der Waals surface area contributed by atoms with E-state index >= 15 is 0 Å². The third kappa shape index (κ3) is 3.80. The Kier molecular flexibility index (Phi) is 6.01. The summed E-state index contributed by atoms with van der Waals surface area (Å²) in [6.07, 6.45) is 0. The average Bonchev–Trinajstić information content (AvgIpc) is 2.80. The topological polar surface area (TPSA) is 148 Å². The van der Waals surface area contributed by atoms with Crippen LogP contribution in [-0.2, 0) is 14.3 Å². The molecule has 3 amide bonds. The Hall–Kier alpha value is -2.46. The summed E-state index contributed by atoms with van der Waals surface area (Å²) < 4.78 is 4.59. The van der Waals surface area contributed by atoms with Gasteiger partial charge in [0.25, 0.3) is 5.91 Å². The van der Waals surface area contributed by atoms with Crippen molar-refractivity contribution in [1.29, 1.82) is 0 Å². The molecule has 120 valence electrons. The van der Waals surface area contributed by atoms with Crippen molar-refractivity contribution in [3.05, 3.63) is 16.0 Å². The molecule has 0 radical (unpaired) electrons. The minimum Gasteiger partial charge on any atom is -0.465 e.